The maximum absolute atomic E-state index is 12.3. The van der Waals surface area contributed by atoms with Crippen molar-refractivity contribution in [1.29, 1.82) is 0 Å². The average molecular weight is 401 g/mol. The van der Waals surface area contributed by atoms with Crippen LogP contribution in [-0.4, -0.2) is 31.1 Å². The number of anilines is 1. The fraction of sp³-hybridized carbons (Fsp3) is 0.333. The molecule has 0 aliphatic carbocycles. The molecule has 7 nitrogen and oxygen atoms in total. The number of aromatic amines is 1. The minimum Gasteiger partial charge on any atom is -0.340 e. The van der Waals surface area contributed by atoms with Crippen molar-refractivity contribution in [2.24, 2.45) is 0 Å². The zero-order valence-corrected chi connectivity index (χ0v) is 16.2. The highest BCUT2D eigenvalue weighted by Gasteiger charge is 2.31. The Balaban J connectivity index is 1.56. The molecule has 1 N–H and O–H groups in total. The number of aromatic nitrogens is 5. The molecule has 0 radical (unpaired) electrons. The largest absolute Gasteiger partial charge is 0.340 e. The normalized spacial score (nSPS) is 17.4. The van der Waals surface area contributed by atoms with Gasteiger partial charge in [0.25, 0.3) is 5.56 Å². The molecule has 0 amide bonds. The van der Waals surface area contributed by atoms with Gasteiger partial charge in [0.05, 0.1) is 17.1 Å². The van der Waals surface area contributed by atoms with Crippen molar-refractivity contribution in [2.45, 2.75) is 32.2 Å². The van der Waals surface area contributed by atoms with E-state index in [2.05, 4.69) is 20.0 Å². The highest BCUT2D eigenvalue weighted by atomic mass is 35.5. The van der Waals surface area contributed by atoms with Crippen LogP contribution in [0.5, 0.6) is 0 Å². The lowest BCUT2D eigenvalue weighted by molar-refractivity contribution is 0.671. The number of rotatable bonds is 3. The molecule has 1 atom stereocenters. The molecule has 1 aromatic carbocycles. The van der Waals surface area contributed by atoms with Crippen LogP contribution in [0.15, 0.2) is 29.1 Å². The summed E-state index contributed by atoms with van der Waals surface area (Å²) >= 11 is 7.54. The SMILES string of the molecule is CCc1cc(=O)n2nc(N3CCCC3c3nc4ccc(Cl)cc4[nH]3)sc2n1. The molecule has 9 heteroatoms. The van der Waals surface area contributed by atoms with E-state index < -0.39 is 0 Å². The van der Waals surface area contributed by atoms with E-state index in [1.54, 1.807) is 6.07 Å². The predicted octanol–water partition coefficient (Wildman–Crippen LogP) is 3.58. The summed E-state index contributed by atoms with van der Waals surface area (Å²) in [7, 11) is 0. The van der Waals surface area contributed by atoms with Gasteiger partial charge in [-0.1, -0.05) is 29.9 Å². The van der Waals surface area contributed by atoms with Gasteiger partial charge in [0, 0.05) is 23.3 Å². The second kappa shape index (κ2) is 6.31. The van der Waals surface area contributed by atoms with E-state index in [9.17, 15) is 4.79 Å². The van der Waals surface area contributed by atoms with Crippen molar-refractivity contribution in [1.82, 2.24) is 24.6 Å². The minimum absolute atomic E-state index is 0.0954. The summed E-state index contributed by atoms with van der Waals surface area (Å²) in [4.78, 5) is 27.8. The van der Waals surface area contributed by atoms with Crippen LogP contribution in [0.2, 0.25) is 5.02 Å². The Morgan fingerprint density at radius 2 is 2.22 bits per heavy atom. The van der Waals surface area contributed by atoms with Crippen LogP contribution in [0.25, 0.3) is 16.0 Å². The Morgan fingerprint density at radius 3 is 3.07 bits per heavy atom. The van der Waals surface area contributed by atoms with Gasteiger partial charge in [-0.15, -0.1) is 5.10 Å². The summed E-state index contributed by atoms with van der Waals surface area (Å²) in [5.74, 6) is 0.901. The maximum atomic E-state index is 12.3. The topological polar surface area (TPSA) is 79.2 Å². The zero-order valence-electron chi connectivity index (χ0n) is 14.6. The van der Waals surface area contributed by atoms with Gasteiger partial charge in [0.1, 0.15) is 5.82 Å². The van der Waals surface area contributed by atoms with Gasteiger partial charge >= 0.3 is 0 Å². The predicted molar refractivity (Wildman–Crippen MR) is 107 cm³/mol. The van der Waals surface area contributed by atoms with Crippen LogP contribution in [0, 0.1) is 0 Å². The van der Waals surface area contributed by atoms with Gasteiger partial charge in [-0.3, -0.25) is 4.79 Å². The molecule has 1 unspecified atom stereocenters. The first-order valence-corrected chi connectivity index (χ1v) is 10.1. The molecule has 1 aliphatic heterocycles. The lowest BCUT2D eigenvalue weighted by atomic mass is 10.2. The summed E-state index contributed by atoms with van der Waals surface area (Å²) in [6.45, 7) is 2.86. The molecule has 1 fully saturated rings. The molecule has 5 rings (SSSR count). The molecule has 0 bridgehead atoms. The first-order valence-electron chi connectivity index (χ1n) is 8.94. The number of nitrogens with one attached hydrogen (secondary N) is 1. The monoisotopic (exact) mass is 400 g/mol. The number of H-pyrrole nitrogens is 1. The van der Waals surface area contributed by atoms with Gasteiger partial charge in [0.2, 0.25) is 10.1 Å². The molecule has 3 aromatic heterocycles. The number of benzene rings is 1. The van der Waals surface area contributed by atoms with Crippen molar-refractivity contribution < 1.29 is 0 Å². The highest BCUT2D eigenvalue weighted by molar-refractivity contribution is 7.20. The van der Waals surface area contributed by atoms with E-state index in [4.69, 9.17) is 16.6 Å². The number of hydrogen-bond acceptors (Lipinski definition) is 6. The Labute approximate surface area is 163 Å². The Hall–Kier alpha value is -2.45. The molecule has 1 aliphatic rings. The van der Waals surface area contributed by atoms with Crippen molar-refractivity contribution in [3.63, 3.8) is 0 Å². The van der Waals surface area contributed by atoms with E-state index in [0.717, 1.165) is 53.5 Å². The molecule has 4 aromatic rings. The Bertz CT molecular complexity index is 1210. The van der Waals surface area contributed by atoms with E-state index in [1.807, 2.05) is 25.1 Å². The number of hydrogen-bond donors (Lipinski definition) is 1. The van der Waals surface area contributed by atoms with Crippen LogP contribution in [0.1, 0.15) is 37.3 Å². The summed E-state index contributed by atoms with van der Waals surface area (Å²) in [5.41, 5.74) is 2.49. The van der Waals surface area contributed by atoms with Gasteiger partial charge in [-0.2, -0.15) is 4.52 Å². The molecule has 4 heterocycles. The van der Waals surface area contributed by atoms with Crippen molar-refractivity contribution in [2.75, 3.05) is 11.4 Å². The van der Waals surface area contributed by atoms with E-state index in [0.29, 0.717) is 9.98 Å². The summed E-state index contributed by atoms with van der Waals surface area (Å²) in [6.07, 6.45) is 2.75. The van der Waals surface area contributed by atoms with Crippen LogP contribution in [0.3, 0.4) is 0 Å². The van der Waals surface area contributed by atoms with Gasteiger partial charge in [0.15, 0.2) is 0 Å². The lowest BCUT2D eigenvalue weighted by Crippen LogP contribution is -2.24. The summed E-state index contributed by atoms with van der Waals surface area (Å²) in [6, 6.07) is 7.31. The van der Waals surface area contributed by atoms with Crippen molar-refractivity contribution in [3.05, 3.63) is 51.2 Å². The number of nitrogens with zero attached hydrogens (tertiary/aromatic N) is 5. The third kappa shape index (κ3) is 2.80. The third-order valence-corrected chi connectivity index (χ3v) is 6.11. The fourth-order valence-corrected chi connectivity index (χ4v) is 4.76. The van der Waals surface area contributed by atoms with Crippen molar-refractivity contribution in [3.8, 4) is 0 Å². The molecule has 27 heavy (non-hydrogen) atoms. The molecule has 0 spiro atoms. The quantitative estimate of drug-likeness (QED) is 0.568. The highest BCUT2D eigenvalue weighted by Crippen LogP contribution is 2.37. The van der Waals surface area contributed by atoms with Crippen molar-refractivity contribution >= 4 is 44.1 Å². The van der Waals surface area contributed by atoms with Crippen LogP contribution >= 0.6 is 22.9 Å². The van der Waals surface area contributed by atoms with E-state index in [1.165, 1.54) is 15.9 Å². The Kier molecular flexibility index (Phi) is 3.91. The van der Waals surface area contributed by atoms with Gasteiger partial charge in [-0.25, -0.2) is 9.97 Å². The number of fused-ring (bicyclic) bond motifs is 2. The molecule has 0 saturated carbocycles. The maximum Gasteiger partial charge on any atom is 0.275 e. The summed E-state index contributed by atoms with van der Waals surface area (Å²) < 4.78 is 1.40. The number of halogens is 1. The van der Waals surface area contributed by atoms with Gasteiger partial charge < -0.3 is 9.88 Å². The molecular formula is C18H17ClN6OS. The molecule has 1 saturated heterocycles. The van der Waals surface area contributed by atoms with Crippen LogP contribution < -0.4 is 10.5 Å². The third-order valence-electron chi connectivity index (χ3n) is 4.93. The average Bonchev–Trinajstić information content (AvgIpc) is 3.37. The minimum atomic E-state index is -0.131. The lowest BCUT2D eigenvalue weighted by Gasteiger charge is -2.21. The number of aryl methyl sites for hydroxylation is 1. The second-order valence-electron chi connectivity index (χ2n) is 6.65. The summed E-state index contributed by atoms with van der Waals surface area (Å²) in [5, 5.41) is 6.02. The second-order valence-corrected chi connectivity index (χ2v) is 8.02. The molecular weight excluding hydrogens is 384 g/mol. The fourth-order valence-electron chi connectivity index (χ4n) is 3.58. The smallest absolute Gasteiger partial charge is 0.275 e. The first kappa shape index (κ1) is 16.7. The first-order chi connectivity index (χ1) is 13.1. The molecule has 138 valence electrons. The zero-order chi connectivity index (χ0) is 18.5. The van der Waals surface area contributed by atoms with Crippen LogP contribution in [-0.2, 0) is 6.42 Å². The van der Waals surface area contributed by atoms with Crippen LogP contribution in [0.4, 0.5) is 5.13 Å². The van der Waals surface area contributed by atoms with E-state index >= 15 is 0 Å². The van der Waals surface area contributed by atoms with E-state index in [-0.39, 0.29) is 11.6 Å². The Morgan fingerprint density at radius 1 is 1.33 bits per heavy atom. The van der Waals surface area contributed by atoms with Gasteiger partial charge in [-0.05, 0) is 37.5 Å². The standard InChI is InChI=1S/C18H17ClN6OS/c1-2-11-9-15(26)25-17(20-11)27-18(23-25)24-7-3-4-14(24)16-21-12-6-5-10(19)8-13(12)22-16/h5-6,8-9,14H,2-4,7H2,1H3,(H,21,22). The number of imidazole rings is 1.